The van der Waals surface area contributed by atoms with Gasteiger partial charge in [0, 0.05) is 24.4 Å². The highest BCUT2D eigenvalue weighted by Gasteiger charge is 2.18. The maximum absolute atomic E-state index is 12.3. The maximum Gasteiger partial charge on any atom is 0.257 e. The molecule has 0 aliphatic carbocycles. The van der Waals surface area contributed by atoms with Crippen LogP contribution in [0.4, 0.5) is 5.69 Å². The summed E-state index contributed by atoms with van der Waals surface area (Å²) in [5, 5.41) is 2.93. The Morgan fingerprint density at radius 3 is 2.91 bits per heavy atom. The highest BCUT2D eigenvalue weighted by molar-refractivity contribution is 6.04. The van der Waals surface area contributed by atoms with Crippen molar-refractivity contribution in [3.63, 3.8) is 0 Å². The summed E-state index contributed by atoms with van der Waals surface area (Å²) in [4.78, 5) is 16.5. The summed E-state index contributed by atoms with van der Waals surface area (Å²) in [6.45, 7) is 3.38. The summed E-state index contributed by atoms with van der Waals surface area (Å²) in [7, 11) is 0. The van der Waals surface area contributed by atoms with Crippen LogP contribution in [-0.2, 0) is 11.2 Å². The molecule has 5 heteroatoms. The number of carbonyl (C=O) groups is 1. The molecule has 1 aromatic carbocycles. The third-order valence-electron chi connectivity index (χ3n) is 3.82. The number of amides is 1. The van der Waals surface area contributed by atoms with Gasteiger partial charge in [-0.25, -0.2) is 4.98 Å². The van der Waals surface area contributed by atoms with E-state index in [4.69, 9.17) is 9.47 Å². The fourth-order valence-corrected chi connectivity index (χ4v) is 2.51. The number of hydrogen-bond donors (Lipinski definition) is 1. The van der Waals surface area contributed by atoms with E-state index in [-0.39, 0.29) is 12.0 Å². The Morgan fingerprint density at radius 1 is 1.35 bits per heavy atom. The number of aryl methyl sites for hydroxylation is 1. The van der Waals surface area contributed by atoms with Gasteiger partial charge in [0.25, 0.3) is 5.91 Å². The number of hydrogen-bond acceptors (Lipinski definition) is 4. The first-order valence-corrected chi connectivity index (χ1v) is 7.86. The van der Waals surface area contributed by atoms with Gasteiger partial charge in [-0.15, -0.1) is 0 Å². The molecule has 1 atom stereocenters. The van der Waals surface area contributed by atoms with Crippen LogP contribution >= 0.6 is 0 Å². The van der Waals surface area contributed by atoms with Crippen molar-refractivity contribution in [1.29, 1.82) is 0 Å². The molecule has 1 aliphatic heterocycles. The minimum absolute atomic E-state index is 0.0543. The van der Waals surface area contributed by atoms with Gasteiger partial charge < -0.3 is 14.8 Å². The van der Waals surface area contributed by atoms with Gasteiger partial charge in [-0.2, -0.15) is 0 Å². The van der Waals surface area contributed by atoms with Crippen molar-refractivity contribution in [2.75, 3.05) is 18.5 Å². The summed E-state index contributed by atoms with van der Waals surface area (Å²) in [5.41, 5.74) is 2.45. The summed E-state index contributed by atoms with van der Waals surface area (Å²) >= 11 is 0. The fraction of sp³-hybridized carbons (Fsp3) is 0.333. The van der Waals surface area contributed by atoms with Gasteiger partial charge in [-0.05, 0) is 24.1 Å². The number of para-hydroxylation sites is 1. The summed E-state index contributed by atoms with van der Waals surface area (Å²) in [6, 6.07) is 11.2. The number of carbonyl (C=O) groups excluding carboxylic acids is 1. The van der Waals surface area contributed by atoms with E-state index >= 15 is 0 Å². The molecular formula is C18H20N2O3. The maximum atomic E-state index is 12.3. The molecule has 0 saturated carbocycles. The second kappa shape index (κ2) is 7.24. The first-order valence-electron chi connectivity index (χ1n) is 7.86. The van der Waals surface area contributed by atoms with Crippen molar-refractivity contribution in [2.24, 2.45) is 0 Å². The number of benzene rings is 1. The molecule has 0 bridgehead atoms. The molecule has 1 fully saturated rings. The number of ether oxygens (including phenoxy) is 2. The number of nitrogens with one attached hydrogen (secondary N) is 1. The van der Waals surface area contributed by atoms with Crippen LogP contribution in [0.1, 0.15) is 29.3 Å². The Morgan fingerprint density at radius 2 is 2.22 bits per heavy atom. The monoisotopic (exact) mass is 312 g/mol. The van der Waals surface area contributed by atoms with Crippen molar-refractivity contribution in [3.8, 4) is 5.88 Å². The molecule has 1 unspecified atom stereocenters. The zero-order valence-electron chi connectivity index (χ0n) is 13.1. The average molecular weight is 312 g/mol. The van der Waals surface area contributed by atoms with E-state index in [1.807, 2.05) is 24.3 Å². The van der Waals surface area contributed by atoms with Crippen LogP contribution in [0.15, 0.2) is 42.6 Å². The SMILES string of the molecule is CCc1ccccc1NC(=O)c1ccc(OC2CCOC2)nc1. The second-order valence-corrected chi connectivity index (χ2v) is 5.45. The summed E-state index contributed by atoms with van der Waals surface area (Å²) in [6.07, 6.45) is 3.33. The lowest BCUT2D eigenvalue weighted by molar-refractivity contribution is 0.102. The molecule has 1 aliphatic rings. The van der Waals surface area contributed by atoms with Crippen molar-refractivity contribution in [2.45, 2.75) is 25.9 Å². The molecule has 2 heterocycles. The number of aromatic nitrogens is 1. The van der Waals surface area contributed by atoms with Gasteiger partial charge in [-0.1, -0.05) is 25.1 Å². The molecule has 120 valence electrons. The zero-order valence-corrected chi connectivity index (χ0v) is 13.1. The molecule has 1 aromatic heterocycles. The first-order chi connectivity index (χ1) is 11.3. The lowest BCUT2D eigenvalue weighted by Crippen LogP contribution is -2.17. The number of pyridine rings is 1. The lowest BCUT2D eigenvalue weighted by atomic mass is 10.1. The minimum atomic E-state index is -0.172. The predicted octanol–water partition coefficient (Wildman–Crippen LogP) is 3.06. The van der Waals surface area contributed by atoms with Gasteiger partial charge in [0.2, 0.25) is 5.88 Å². The van der Waals surface area contributed by atoms with E-state index in [2.05, 4.69) is 17.2 Å². The Bertz CT molecular complexity index is 664. The van der Waals surface area contributed by atoms with Gasteiger partial charge in [-0.3, -0.25) is 4.79 Å². The molecule has 23 heavy (non-hydrogen) atoms. The van der Waals surface area contributed by atoms with Crippen LogP contribution in [-0.4, -0.2) is 30.2 Å². The summed E-state index contributed by atoms with van der Waals surface area (Å²) in [5.74, 6) is 0.347. The fourth-order valence-electron chi connectivity index (χ4n) is 2.51. The Labute approximate surface area is 135 Å². The van der Waals surface area contributed by atoms with E-state index in [0.717, 1.165) is 30.7 Å². The molecule has 5 nitrogen and oxygen atoms in total. The van der Waals surface area contributed by atoms with Crippen LogP contribution in [0, 0.1) is 0 Å². The largest absolute Gasteiger partial charge is 0.472 e. The Balaban J connectivity index is 1.65. The zero-order chi connectivity index (χ0) is 16.1. The van der Waals surface area contributed by atoms with Crippen molar-refractivity contribution < 1.29 is 14.3 Å². The van der Waals surface area contributed by atoms with E-state index < -0.39 is 0 Å². The topological polar surface area (TPSA) is 60.5 Å². The molecule has 0 spiro atoms. The smallest absolute Gasteiger partial charge is 0.257 e. The molecule has 3 rings (SSSR count). The van der Waals surface area contributed by atoms with Gasteiger partial charge in [0.15, 0.2) is 0 Å². The number of nitrogens with zero attached hydrogens (tertiary/aromatic N) is 1. The van der Waals surface area contributed by atoms with Crippen LogP contribution < -0.4 is 10.1 Å². The molecule has 1 amide bonds. The summed E-state index contributed by atoms with van der Waals surface area (Å²) < 4.78 is 11.0. The van der Waals surface area contributed by atoms with E-state index in [0.29, 0.717) is 18.1 Å². The highest BCUT2D eigenvalue weighted by Crippen LogP contribution is 2.18. The predicted molar refractivity (Wildman–Crippen MR) is 87.9 cm³/mol. The van der Waals surface area contributed by atoms with Gasteiger partial charge in [0.05, 0.1) is 18.8 Å². The second-order valence-electron chi connectivity index (χ2n) is 5.45. The average Bonchev–Trinajstić information content (AvgIpc) is 3.09. The minimum Gasteiger partial charge on any atom is -0.472 e. The van der Waals surface area contributed by atoms with E-state index in [1.165, 1.54) is 6.20 Å². The van der Waals surface area contributed by atoms with Crippen molar-refractivity contribution >= 4 is 11.6 Å². The Hall–Kier alpha value is -2.40. The van der Waals surface area contributed by atoms with Gasteiger partial charge in [0.1, 0.15) is 6.10 Å². The molecule has 1 saturated heterocycles. The van der Waals surface area contributed by atoms with Crippen molar-refractivity contribution in [3.05, 3.63) is 53.7 Å². The first kappa shape index (κ1) is 15.5. The lowest BCUT2D eigenvalue weighted by Gasteiger charge is -2.12. The molecule has 2 aromatic rings. The third kappa shape index (κ3) is 3.87. The standard InChI is InChI=1S/C18H20N2O3/c1-2-13-5-3-4-6-16(13)20-18(21)14-7-8-17(19-11-14)23-15-9-10-22-12-15/h3-8,11,15H,2,9-10,12H2,1H3,(H,20,21). The van der Waals surface area contributed by atoms with Crippen LogP contribution in [0.5, 0.6) is 5.88 Å². The normalized spacial score (nSPS) is 17.0. The van der Waals surface area contributed by atoms with Crippen LogP contribution in [0.25, 0.3) is 0 Å². The number of anilines is 1. The van der Waals surface area contributed by atoms with Gasteiger partial charge >= 0.3 is 0 Å². The van der Waals surface area contributed by atoms with E-state index in [1.54, 1.807) is 12.1 Å². The van der Waals surface area contributed by atoms with Crippen LogP contribution in [0.3, 0.4) is 0 Å². The third-order valence-corrected chi connectivity index (χ3v) is 3.82. The highest BCUT2D eigenvalue weighted by atomic mass is 16.5. The molecule has 1 N–H and O–H groups in total. The Kier molecular flexibility index (Phi) is 4.88. The van der Waals surface area contributed by atoms with E-state index in [9.17, 15) is 4.79 Å². The quantitative estimate of drug-likeness (QED) is 0.922. The number of rotatable bonds is 5. The van der Waals surface area contributed by atoms with Crippen LogP contribution in [0.2, 0.25) is 0 Å². The van der Waals surface area contributed by atoms with Crippen molar-refractivity contribution in [1.82, 2.24) is 4.98 Å². The molecule has 0 radical (unpaired) electrons. The molecular weight excluding hydrogens is 292 g/mol.